The average molecular weight is 503 g/mol. The van der Waals surface area contributed by atoms with Gasteiger partial charge in [-0.2, -0.15) is 0 Å². The normalized spacial score (nSPS) is 10.9. The highest BCUT2D eigenvalue weighted by atomic mass is 35.5. The number of nitrogens with one attached hydrogen (secondary N) is 1. The fraction of sp³-hybridized carbons (Fsp3) is 0.241. The molecule has 0 aliphatic carbocycles. The molecule has 2 amide bonds. The summed E-state index contributed by atoms with van der Waals surface area (Å²) in [4.78, 5) is 20.2. The lowest BCUT2D eigenvalue weighted by atomic mass is 10.0. The first-order valence-corrected chi connectivity index (χ1v) is 12.4. The van der Waals surface area contributed by atoms with E-state index in [9.17, 15) is 4.79 Å². The number of pyridine rings is 1. The Hall–Kier alpha value is -3.77. The lowest BCUT2D eigenvalue weighted by molar-refractivity contribution is 0.256. The molecule has 36 heavy (non-hydrogen) atoms. The first kappa shape index (κ1) is 25.3. The number of hydrogen-bond acceptors (Lipinski definition) is 4. The van der Waals surface area contributed by atoms with Crippen molar-refractivity contribution < 1.29 is 9.53 Å². The van der Waals surface area contributed by atoms with E-state index >= 15 is 0 Å². The second-order valence-corrected chi connectivity index (χ2v) is 9.05. The van der Waals surface area contributed by atoms with Crippen LogP contribution in [0.15, 0.2) is 60.8 Å². The van der Waals surface area contributed by atoms with E-state index in [0.29, 0.717) is 35.8 Å². The zero-order valence-corrected chi connectivity index (χ0v) is 21.8. The molecule has 1 heterocycles. The number of halogens is 1. The minimum absolute atomic E-state index is 0.281. The number of carbonyl (C=O) groups is 1. The maximum Gasteiger partial charge on any atom is 0.326 e. The largest absolute Gasteiger partial charge is 0.496 e. The number of nitrogen functional groups attached to an aromatic ring is 1. The molecule has 0 saturated heterocycles. The maximum absolute atomic E-state index is 14.0. The van der Waals surface area contributed by atoms with E-state index in [0.717, 1.165) is 44.6 Å². The van der Waals surface area contributed by atoms with Gasteiger partial charge >= 0.3 is 6.03 Å². The monoisotopic (exact) mass is 502 g/mol. The van der Waals surface area contributed by atoms with E-state index in [1.165, 1.54) is 0 Å². The average Bonchev–Trinajstić information content (AvgIpc) is 2.88. The van der Waals surface area contributed by atoms with Gasteiger partial charge in [0.2, 0.25) is 0 Å². The molecule has 4 aromatic rings. The Morgan fingerprint density at radius 2 is 1.78 bits per heavy atom. The summed E-state index contributed by atoms with van der Waals surface area (Å²) in [7, 11) is 1.64. The van der Waals surface area contributed by atoms with E-state index in [-0.39, 0.29) is 6.03 Å². The molecule has 7 heteroatoms. The van der Waals surface area contributed by atoms with Crippen LogP contribution >= 0.6 is 11.6 Å². The van der Waals surface area contributed by atoms with Crippen molar-refractivity contribution >= 4 is 45.5 Å². The van der Waals surface area contributed by atoms with Crippen molar-refractivity contribution in [1.82, 2.24) is 4.98 Å². The number of methoxy groups -OCH3 is 1. The van der Waals surface area contributed by atoms with E-state index in [2.05, 4.69) is 10.3 Å². The summed E-state index contributed by atoms with van der Waals surface area (Å²) < 4.78 is 5.58. The summed E-state index contributed by atoms with van der Waals surface area (Å²) in [6.45, 7) is 6.29. The first-order chi connectivity index (χ1) is 17.4. The zero-order valence-electron chi connectivity index (χ0n) is 21.1. The number of aromatic nitrogens is 1. The van der Waals surface area contributed by atoms with E-state index < -0.39 is 0 Å². The summed E-state index contributed by atoms with van der Waals surface area (Å²) in [6.07, 6.45) is 3.13. The number of urea groups is 1. The number of anilines is 3. The lowest BCUT2D eigenvalue weighted by Gasteiger charge is -2.27. The van der Waals surface area contributed by atoms with Gasteiger partial charge in [0, 0.05) is 33.4 Å². The Morgan fingerprint density at radius 3 is 2.42 bits per heavy atom. The predicted octanol–water partition coefficient (Wildman–Crippen LogP) is 7.15. The molecular formula is C29H31ClN4O2. The number of hydrogen-bond donors (Lipinski definition) is 2. The maximum atomic E-state index is 14.0. The Morgan fingerprint density at radius 1 is 1.06 bits per heavy atom. The second-order valence-electron chi connectivity index (χ2n) is 8.64. The van der Waals surface area contributed by atoms with Gasteiger partial charge in [-0.3, -0.25) is 9.88 Å². The number of nitrogens with two attached hydrogens (primary N) is 1. The minimum Gasteiger partial charge on any atom is -0.496 e. The predicted molar refractivity (Wildman–Crippen MR) is 149 cm³/mol. The molecule has 6 nitrogen and oxygen atoms in total. The van der Waals surface area contributed by atoms with Gasteiger partial charge < -0.3 is 15.8 Å². The highest BCUT2D eigenvalue weighted by Gasteiger charge is 2.23. The van der Waals surface area contributed by atoms with Crippen molar-refractivity contribution in [2.24, 2.45) is 0 Å². The minimum atomic E-state index is -0.281. The van der Waals surface area contributed by atoms with Crippen LogP contribution in [0.4, 0.5) is 21.9 Å². The second kappa shape index (κ2) is 10.9. The van der Waals surface area contributed by atoms with Crippen LogP contribution in [0.3, 0.4) is 0 Å². The molecular weight excluding hydrogens is 472 g/mol. The summed E-state index contributed by atoms with van der Waals surface area (Å²) in [6, 6.07) is 17.1. The molecule has 0 aliphatic rings. The smallest absolute Gasteiger partial charge is 0.326 e. The van der Waals surface area contributed by atoms with Crippen molar-refractivity contribution in [3.05, 3.63) is 88.2 Å². The SMILES string of the molecule is CCc1c(N)cc(Cl)c(CC)c1NC(=O)N(Cc1ccc(C)nc1)c1ccc(OC)c2ccccc12. The van der Waals surface area contributed by atoms with Gasteiger partial charge in [-0.25, -0.2) is 4.79 Å². The van der Waals surface area contributed by atoms with Gasteiger partial charge in [0.25, 0.3) is 0 Å². The summed E-state index contributed by atoms with van der Waals surface area (Å²) in [5.41, 5.74) is 11.9. The molecule has 0 radical (unpaired) electrons. The van der Waals surface area contributed by atoms with Gasteiger partial charge in [0.05, 0.1) is 25.0 Å². The van der Waals surface area contributed by atoms with Crippen LogP contribution in [0.1, 0.15) is 36.2 Å². The Bertz CT molecular complexity index is 1370. The molecule has 0 fully saturated rings. The number of rotatable bonds is 7. The number of benzene rings is 3. The molecule has 0 atom stereocenters. The number of fused-ring (bicyclic) bond motifs is 1. The third kappa shape index (κ3) is 4.95. The molecule has 0 saturated carbocycles. The number of aryl methyl sites for hydroxylation is 1. The van der Waals surface area contributed by atoms with E-state index in [1.54, 1.807) is 24.3 Å². The van der Waals surface area contributed by atoms with Crippen molar-refractivity contribution in [2.75, 3.05) is 23.1 Å². The van der Waals surface area contributed by atoms with Crippen LogP contribution in [-0.2, 0) is 19.4 Å². The van der Waals surface area contributed by atoms with Crippen molar-refractivity contribution in [1.29, 1.82) is 0 Å². The van der Waals surface area contributed by atoms with E-state index in [4.69, 9.17) is 22.1 Å². The standard InChI is InChI=1S/C29H31ClN4O2/c1-5-20-24(30)15-25(31)21(6-2)28(20)33-29(35)34(17-19-12-11-18(3)32-16-19)26-13-14-27(36-4)23-10-8-7-9-22(23)26/h7-16H,5-6,17,31H2,1-4H3,(H,33,35). The Balaban J connectivity index is 1.85. The summed E-state index contributed by atoms with van der Waals surface area (Å²) >= 11 is 6.53. The van der Waals surface area contributed by atoms with E-state index in [1.807, 2.05) is 69.3 Å². The van der Waals surface area contributed by atoms with Crippen LogP contribution in [0.25, 0.3) is 10.8 Å². The number of carbonyl (C=O) groups excluding carboxylic acids is 1. The van der Waals surface area contributed by atoms with Crippen LogP contribution in [0, 0.1) is 6.92 Å². The molecule has 186 valence electrons. The molecule has 4 rings (SSSR count). The third-order valence-corrected chi connectivity index (χ3v) is 6.73. The Kier molecular flexibility index (Phi) is 7.65. The van der Waals surface area contributed by atoms with Gasteiger partial charge in [-0.15, -0.1) is 0 Å². The van der Waals surface area contributed by atoms with Crippen LogP contribution in [-0.4, -0.2) is 18.1 Å². The number of amides is 2. The number of ether oxygens (including phenoxy) is 1. The highest BCUT2D eigenvalue weighted by molar-refractivity contribution is 6.32. The number of nitrogens with zero attached hydrogens (tertiary/aromatic N) is 2. The van der Waals surface area contributed by atoms with Gasteiger partial charge in [-0.05, 0) is 60.7 Å². The molecule has 3 N–H and O–H groups in total. The molecule has 0 unspecified atom stereocenters. The lowest BCUT2D eigenvalue weighted by Crippen LogP contribution is -2.35. The van der Waals surface area contributed by atoms with Crippen LogP contribution in [0.5, 0.6) is 5.75 Å². The van der Waals surface area contributed by atoms with Gasteiger partial charge in [0.15, 0.2) is 0 Å². The van der Waals surface area contributed by atoms with Crippen molar-refractivity contribution in [3.8, 4) is 5.75 Å². The van der Waals surface area contributed by atoms with Crippen LogP contribution in [0.2, 0.25) is 5.02 Å². The highest BCUT2D eigenvalue weighted by Crippen LogP contribution is 2.37. The first-order valence-electron chi connectivity index (χ1n) is 12.0. The topological polar surface area (TPSA) is 80.5 Å². The summed E-state index contributed by atoms with van der Waals surface area (Å²) in [5, 5.41) is 5.54. The van der Waals surface area contributed by atoms with Crippen molar-refractivity contribution in [3.63, 3.8) is 0 Å². The summed E-state index contributed by atoms with van der Waals surface area (Å²) in [5.74, 6) is 0.746. The van der Waals surface area contributed by atoms with Crippen molar-refractivity contribution in [2.45, 2.75) is 40.2 Å². The van der Waals surface area contributed by atoms with Gasteiger partial charge in [-0.1, -0.05) is 55.8 Å². The molecule has 1 aromatic heterocycles. The molecule has 3 aromatic carbocycles. The Labute approximate surface area is 217 Å². The third-order valence-electron chi connectivity index (χ3n) is 6.39. The molecule has 0 bridgehead atoms. The molecule has 0 spiro atoms. The fourth-order valence-electron chi connectivity index (χ4n) is 4.52. The zero-order chi connectivity index (χ0) is 25.8. The quantitative estimate of drug-likeness (QED) is 0.263. The van der Waals surface area contributed by atoms with Gasteiger partial charge in [0.1, 0.15) is 5.75 Å². The molecule has 0 aliphatic heterocycles. The van der Waals surface area contributed by atoms with Crippen LogP contribution < -0.4 is 20.7 Å². The fourth-order valence-corrected chi connectivity index (χ4v) is 4.86.